The normalized spacial score (nSPS) is 11.1. The number of alkyl halides is 3. The van der Waals surface area contributed by atoms with E-state index < -0.39 is 12.1 Å². The minimum absolute atomic E-state index is 0.0424. The molecule has 0 heterocycles. The summed E-state index contributed by atoms with van der Waals surface area (Å²) in [7, 11) is 1.26. The summed E-state index contributed by atoms with van der Waals surface area (Å²) in [5.74, 6) is -2.54. The molecular weight excluding hydrogens is 293 g/mol. The molecule has 1 rings (SSSR count). The van der Waals surface area contributed by atoms with Gasteiger partial charge in [-0.05, 0) is 18.2 Å². The molecule has 0 bridgehead atoms. The first kappa shape index (κ1) is 12.8. The third kappa shape index (κ3) is 3.13. The van der Waals surface area contributed by atoms with E-state index in [1.165, 1.54) is 19.2 Å². The maximum Gasteiger partial charge on any atom is 0.491 e. The minimum Gasteiger partial charge on any atom is -0.493 e. The first-order valence-corrected chi connectivity index (χ1v) is 4.76. The van der Waals surface area contributed by atoms with Crippen LogP contribution in [-0.4, -0.2) is 19.3 Å². The van der Waals surface area contributed by atoms with E-state index in [1.807, 2.05) is 0 Å². The summed E-state index contributed by atoms with van der Waals surface area (Å²) in [6.45, 7) is 0. The number of hydrogen-bond donors (Lipinski definition) is 0. The lowest BCUT2D eigenvalue weighted by molar-refractivity contribution is -0.189. The van der Waals surface area contributed by atoms with Crippen molar-refractivity contribution in [2.24, 2.45) is 0 Å². The van der Waals surface area contributed by atoms with Crippen LogP contribution in [0.1, 0.15) is 0 Å². The number of benzene rings is 1. The van der Waals surface area contributed by atoms with Gasteiger partial charge >= 0.3 is 12.1 Å². The summed E-state index contributed by atoms with van der Waals surface area (Å²) >= 11 is 3.04. The van der Waals surface area contributed by atoms with E-state index in [4.69, 9.17) is 4.74 Å². The van der Waals surface area contributed by atoms with Crippen molar-refractivity contribution in [3.8, 4) is 11.5 Å². The summed E-state index contributed by atoms with van der Waals surface area (Å²) in [6.07, 6.45) is -5.03. The van der Waals surface area contributed by atoms with Gasteiger partial charge in [0, 0.05) is 4.47 Å². The highest BCUT2D eigenvalue weighted by atomic mass is 79.9. The maximum absolute atomic E-state index is 11.9. The molecule has 88 valence electrons. The molecule has 0 atom stereocenters. The van der Waals surface area contributed by atoms with Gasteiger partial charge < -0.3 is 9.47 Å². The molecule has 7 heteroatoms. The molecule has 0 radical (unpaired) electrons. The second kappa shape index (κ2) is 4.73. The van der Waals surface area contributed by atoms with Crippen molar-refractivity contribution in [2.75, 3.05) is 7.11 Å². The topological polar surface area (TPSA) is 35.5 Å². The van der Waals surface area contributed by atoms with Gasteiger partial charge in [0.1, 0.15) is 0 Å². The monoisotopic (exact) mass is 298 g/mol. The third-order valence-electron chi connectivity index (χ3n) is 1.56. The Morgan fingerprint density at radius 3 is 2.44 bits per heavy atom. The number of rotatable bonds is 2. The van der Waals surface area contributed by atoms with Crippen LogP contribution in [-0.2, 0) is 4.79 Å². The molecule has 0 N–H and O–H groups in total. The predicted octanol–water partition coefficient (Wildman–Crippen LogP) is 2.93. The fourth-order valence-corrected chi connectivity index (χ4v) is 1.23. The van der Waals surface area contributed by atoms with E-state index in [1.54, 1.807) is 6.07 Å². The molecule has 0 unspecified atom stereocenters. The molecule has 0 amide bonds. The summed E-state index contributed by atoms with van der Waals surface area (Å²) < 4.78 is 45.2. The number of methoxy groups -OCH3 is 1. The SMILES string of the molecule is COc1ccc(Br)cc1OC(=O)C(F)(F)F. The molecular formula is C9H6BrF3O3. The van der Waals surface area contributed by atoms with Crippen molar-refractivity contribution in [3.05, 3.63) is 22.7 Å². The fraction of sp³-hybridized carbons (Fsp3) is 0.222. The van der Waals surface area contributed by atoms with Gasteiger partial charge in [0.2, 0.25) is 0 Å². The van der Waals surface area contributed by atoms with Crippen LogP contribution in [0.4, 0.5) is 13.2 Å². The molecule has 0 saturated heterocycles. The van der Waals surface area contributed by atoms with Gasteiger partial charge in [-0.1, -0.05) is 15.9 Å². The lowest BCUT2D eigenvalue weighted by Gasteiger charge is -2.10. The van der Waals surface area contributed by atoms with Gasteiger partial charge in [-0.2, -0.15) is 13.2 Å². The van der Waals surface area contributed by atoms with Gasteiger partial charge in [-0.25, -0.2) is 4.79 Å². The molecule has 16 heavy (non-hydrogen) atoms. The van der Waals surface area contributed by atoms with Crippen LogP contribution in [0.15, 0.2) is 22.7 Å². The molecule has 0 saturated carbocycles. The number of hydrogen-bond acceptors (Lipinski definition) is 3. The van der Waals surface area contributed by atoms with Crippen molar-refractivity contribution < 1.29 is 27.4 Å². The molecule has 0 aromatic heterocycles. The lowest BCUT2D eigenvalue weighted by atomic mass is 10.3. The highest BCUT2D eigenvalue weighted by Crippen LogP contribution is 2.31. The smallest absolute Gasteiger partial charge is 0.491 e. The fourth-order valence-electron chi connectivity index (χ4n) is 0.888. The van der Waals surface area contributed by atoms with Crippen LogP contribution in [0, 0.1) is 0 Å². The van der Waals surface area contributed by atoms with E-state index in [-0.39, 0.29) is 11.5 Å². The summed E-state index contributed by atoms with van der Waals surface area (Å²) in [5, 5.41) is 0. The Labute approximate surface area is 97.3 Å². The van der Waals surface area contributed by atoms with Crippen LogP contribution in [0.25, 0.3) is 0 Å². The zero-order valence-corrected chi connectivity index (χ0v) is 9.55. The zero-order valence-electron chi connectivity index (χ0n) is 7.97. The standard InChI is InChI=1S/C9H6BrF3O3/c1-15-6-3-2-5(10)4-7(6)16-8(14)9(11,12)13/h2-4H,1H3. The average Bonchev–Trinajstić information content (AvgIpc) is 2.16. The number of carbonyl (C=O) groups is 1. The summed E-state index contributed by atoms with van der Waals surface area (Å²) in [6, 6.07) is 4.13. The average molecular weight is 299 g/mol. The minimum atomic E-state index is -5.03. The number of carbonyl (C=O) groups excluding carboxylic acids is 1. The van der Waals surface area contributed by atoms with Crippen LogP contribution in [0.3, 0.4) is 0 Å². The zero-order chi connectivity index (χ0) is 12.3. The van der Waals surface area contributed by atoms with Crippen molar-refractivity contribution in [1.29, 1.82) is 0 Å². The molecule has 0 aliphatic heterocycles. The Bertz CT molecular complexity index is 403. The van der Waals surface area contributed by atoms with Gasteiger partial charge in [0.05, 0.1) is 7.11 Å². The largest absolute Gasteiger partial charge is 0.493 e. The first-order chi connectivity index (χ1) is 7.34. The number of halogens is 4. The second-order valence-electron chi connectivity index (χ2n) is 2.68. The maximum atomic E-state index is 11.9. The predicted molar refractivity (Wildman–Crippen MR) is 52.4 cm³/mol. The van der Waals surface area contributed by atoms with Crippen LogP contribution in [0.5, 0.6) is 11.5 Å². The van der Waals surface area contributed by atoms with Gasteiger partial charge in [0.25, 0.3) is 0 Å². The molecule has 1 aromatic carbocycles. The van der Waals surface area contributed by atoms with Crippen molar-refractivity contribution in [3.63, 3.8) is 0 Å². The summed E-state index contributed by atoms with van der Waals surface area (Å²) in [5.41, 5.74) is 0. The van der Waals surface area contributed by atoms with E-state index >= 15 is 0 Å². The molecule has 0 fully saturated rings. The Hall–Kier alpha value is -1.24. The van der Waals surface area contributed by atoms with Gasteiger partial charge in [-0.15, -0.1) is 0 Å². The van der Waals surface area contributed by atoms with Crippen LogP contribution in [0.2, 0.25) is 0 Å². The lowest BCUT2D eigenvalue weighted by Crippen LogP contribution is -2.28. The van der Waals surface area contributed by atoms with Crippen molar-refractivity contribution in [1.82, 2.24) is 0 Å². The van der Waals surface area contributed by atoms with E-state index in [9.17, 15) is 18.0 Å². The third-order valence-corrected chi connectivity index (χ3v) is 2.05. The Kier molecular flexibility index (Phi) is 3.79. The molecule has 1 aromatic rings. The second-order valence-corrected chi connectivity index (χ2v) is 3.60. The number of ether oxygens (including phenoxy) is 2. The quantitative estimate of drug-likeness (QED) is 0.622. The van der Waals surface area contributed by atoms with Crippen LogP contribution < -0.4 is 9.47 Å². The van der Waals surface area contributed by atoms with E-state index in [0.717, 1.165) is 0 Å². The van der Waals surface area contributed by atoms with Crippen LogP contribution >= 0.6 is 15.9 Å². The van der Waals surface area contributed by atoms with Gasteiger partial charge in [-0.3, -0.25) is 0 Å². The first-order valence-electron chi connectivity index (χ1n) is 3.97. The molecule has 0 aliphatic rings. The molecule has 0 spiro atoms. The highest BCUT2D eigenvalue weighted by molar-refractivity contribution is 9.10. The Balaban J connectivity index is 2.96. The van der Waals surface area contributed by atoms with Crippen molar-refractivity contribution >= 4 is 21.9 Å². The Morgan fingerprint density at radius 1 is 1.31 bits per heavy atom. The molecule has 3 nitrogen and oxygen atoms in total. The molecule has 0 aliphatic carbocycles. The number of esters is 1. The Morgan fingerprint density at radius 2 is 1.94 bits per heavy atom. The van der Waals surface area contributed by atoms with E-state index in [2.05, 4.69) is 20.7 Å². The van der Waals surface area contributed by atoms with E-state index in [0.29, 0.717) is 4.47 Å². The highest BCUT2D eigenvalue weighted by Gasteiger charge is 2.41. The van der Waals surface area contributed by atoms with Crippen molar-refractivity contribution in [2.45, 2.75) is 6.18 Å². The summed E-state index contributed by atoms with van der Waals surface area (Å²) in [4.78, 5) is 10.6. The van der Waals surface area contributed by atoms with Gasteiger partial charge in [0.15, 0.2) is 11.5 Å².